The monoisotopic (exact) mass is 225 g/mol. The average molecular weight is 225 g/mol. The number of ether oxygens (including phenoxy) is 1. The lowest BCUT2D eigenvalue weighted by molar-refractivity contribution is 0.0334. The zero-order chi connectivity index (χ0) is 12.2. The van der Waals surface area contributed by atoms with Crippen molar-refractivity contribution in [3.05, 3.63) is 35.9 Å². The molecule has 0 saturated carbocycles. The number of carbonyl (C=O) groups is 1. The third-order valence-corrected chi connectivity index (χ3v) is 2.42. The standard InChI is InChI=1S/C12H16FNO2/c1-12(13,8-16-2)11(14)10(15)9-6-4-3-5-7-9/h3-7,11H,8,14H2,1-2H3/t11-,12-/m0/s1. The van der Waals surface area contributed by atoms with Crippen LogP contribution in [0.3, 0.4) is 0 Å². The van der Waals surface area contributed by atoms with Crippen molar-refractivity contribution in [2.75, 3.05) is 13.7 Å². The van der Waals surface area contributed by atoms with Crippen LogP contribution in [0.15, 0.2) is 30.3 Å². The molecule has 3 nitrogen and oxygen atoms in total. The number of benzene rings is 1. The molecule has 16 heavy (non-hydrogen) atoms. The molecule has 0 spiro atoms. The van der Waals surface area contributed by atoms with Crippen LogP contribution in [-0.4, -0.2) is 31.2 Å². The lowest BCUT2D eigenvalue weighted by atomic mass is 9.92. The van der Waals surface area contributed by atoms with Crippen LogP contribution in [0.2, 0.25) is 0 Å². The third-order valence-electron chi connectivity index (χ3n) is 2.42. The number of hydrogen-bond acceptors (Lipinski definition) is 3. The number of halogens is 1. The molecule has 0 aliphatic carbocycles. The highest BCUT2D eigenvalue weighted by molar-refractivity contribution is 6.00. The van der Waals surface area contributed by atoms with Gasteiger partial charge in [-0.15, -0.1) is 0 Å². The van der Waals surface area contributed by atoms with Crippen LogP contribution in [-0.2, 0) is 4.74 Å². The second kappa shape index (κ2) is 5.18. The zero-order valence-corrected chi connectivity index (χ0v) is 9.44. The van der Waals surface area contributed by atoms with Crippen LogP contribution < -0.4 is 5.73 Å². The van der Waals surface area contributed by atoms with Crippen LogP contribution >= 0.6 is 0 Å². The molecule has 2 atom stereocenters. The Bertz CT molecular complexity index is 351. The van der Waals surface area contributed by atoms with E-state index in [1.165, 1.54) is 14.0 Å². The SMILES string of the molecule is COC[C@](C)(F)[C@@H](N)C(=O)c1ccccc1. The van der Waals surface area contributed by atoms with Crippen molar-refractivity contribution in [3.8, 4) is 0 Å². The van der Waals surface area contributed by atoms with Gasteiger partial charge in [-0.3, -0.25) is 4.79 Å². The van der Waals surface area contributed by atoms with E-state index in [2.05, 4.69) is 0 Å². The Hall–Kier alpha value is -1.26. The molecule has 0 fully saturated rings. The Kier molecular flexibility index (Phi) is 4.15. The van der Waals surface area contributed by atoms with Gasteiger partial charge < -0.3 is 10.5 Å². The van der Waals surface area contributed by atoms with Gasteiger partial charge in [0.25, 0.3) is 0 Å². The largest absolute Gasteiger partial charge is 0.381 e. The Morgan fingerprint density at radius 1 is 1.50 bits per heavy atom. The topological polar surface area (TPSA) is 52.3 Å². The van der Waals surface area contributed by atoms with Crippen molar-refractivity contribution in [2.45, 2.75) is 18.6 Å². The third kappa shape index (κ3) is 2.87. The van der Waals surface area contributed by atoms with Crippen LogP contribution in [0.5, 0.6) is 0 Å². The van der Waals surface area contributed by atoms with Gasteiger partial charge in [-0.1, -0.05) is 30.3 Å². The van der Waals surface area contributed by atoms with E-state index < -0.39 is 17.5 Å². The highest BCUT2D eigenvalue weighted by atomic mass is 19.1. The van der Waals surface area contributed by atoms with E-state index in [0.717, 1.165) is 0 Å². The van der Waals surface area contributed by atoms with E-state index in [0.29, 0.717) is 5.56 Å². The molecule has 2 N–H and O–H groups in total. The minimum absolute atomic E-state index is 0.202. The van der Waals surface area contributed by atoms with Crippen molar-refractivity contribution >= 4 is 5.78 Å². The van der Waals surface area contributed by atoms with E-state index in [1.54, 1.807) is 30.3 Å². The lowest BCUT2D eigenvalue weighted by Gasteiger charge is -2.25. The Morgan fingerprint density at radius 2 is 2.06 bits per heavy atom. The maximum atomic E-state index is 13.9. The van der Waals surface area contributed by atoms with Gasteiger partial charge >= 0.3 is 0 Å². The van der Waals surface area contributed by atoms with E-state index in [1.807, 2.05) is 0 Å². The molecule has 1 aromatic carbocycles. The smallest absolute Gasteiger partial charge is 0.182 e. The molecule has 0 heterocycles. The summed E-state index contributed by atoms with van der Waals surface area (Å²) in [6, 6.07) is 7.23. The van der Waals surface area contributed by atoms with Crippen LogP contribution in [0.1, 0.15) is 17.3 Å². The van der Waals surface area contributed by atoms with Crippen LogP contribution in [0, 0.1) is 0 Å². The first kappa shape index (κ1) is 12.8. The number of Topliss-reactive ketones (excluding diaryl/α,β-unsaturated/α-hetero) is 1. The van der Waals surface area contributed by atoms with Crippen LogP contribution in [0.4, 0.5) is 4.39 Å². The molecule has 88 valence electrons. The van der Waals surface area contributed by atoms with E-state index in [4.69, 9.17) is 10.5 Å². The fourth-order valence-electron chi connectivity index (χ4n) is 1.43. The second-order valence-electron chi connectivity index (χ2n) is 3.92. The molecule has 0 unspecified atom stereocenters. The van der Waals surface area contributed by atoms with Crippen molar-refractivity contribution in [2.24, 2.45) is 5.73 Å². The minimum Gasteiger partial charge on any atom is -0.381 e. The molecule has 1 aromatic rings. The number of rotatable bonds is 5. The molecular formula is C12H16FNO2. The van der Waals surface area contributed by atoms with E-state index >= 15 is 0 Å². The molecule has 4 heteroatoms. The molecule has 1 rings (SSSR count). The van der Waals surface area contributed by atoms with Crippen molar-refractivity contribution in [3.63, 3.8) is 0 Å². The summed E-state index contributed by atoms with van der Waals surface area (Å²) in [7, 11) is 1.37. The summed E-state index contributed by atoms with van der Waals surface area (Å²) in [5, 5.41) is 0. The Morgan fingerprint density at radius 3 is 2.56 bits per heavy atom. The number of ketones is 1. The van der Waals surface area contributed by atoms with E-state index in [9.17, 15) is 9.18 Å². The number of nitrogens with two attached hydrogens (primary N) is 1. The second-order valence-corrected chi connectivity index (χ2v) is 3.92. The Labute approximate surface area is 94.4 Å². The first-order valence-electron chi connectivity index (χ1n) is 5.01. The summed E-state index contributed by atoms with van der Waals surface area (Å²) in [4.78, 5) is 11.8. The predicted octanol–water partition coefficient (Wildman–Crippen LogP) is 1.57. The van der Waals surface area contributed by atoms with Gasteiger partial charge in [-0.2, -0.15) is 0 Å². The van der Waals surface area contributed by atoms with Gasteiger partial charge in [0.2, 0.25) is 0 Å². The Balaban J connectivity index is 2.82. The summed E-state index contributed by atoms with van der Waals surface area (Å²) in [5.41, 5.74) is 4.16. The summed E-state index contributed by atoms with van der Waals surface area (Å²) < 4.78 is 18.7. The summed E-state index contributed by atoms with van der Waals surface area (Å²) >= 11 is 0. The van der Waals surface area contributed by atoms with E-state index in [-0.39, 0.29) is 6.61 Å². The molecule has 0 saturated heterocycles. The summed E-state index contributed by atoms with van der Waals surface area (Å²) in [6.07, 6.45) is 0. The van der Waals surface area contributed by atoms with Crippen molar-refractivity contribution in [1.29, 1.82) is 0 Å². The molecule has 0 radical (unpaired) electrons. The maximum Gasteiger partial charge on any atom is 0.182 e. The van der Waals surface area contributed by atoms with Gasteiger partial charge in [-0.25, -0.2) is 4.39 Å². The molecule has 0 bridgehead atoms. The highest BCUT2D eigenvalue weighted by Gasteiger charge is 2.37. The lowest BCUT2D eigenvalue weighted by Crippen LogP contribution is -2.50. The van der Waals surface area contributed by atoms with Crippen molar-refractivity contribution < 1.29 is 13.9 Å². The minimum atomic E-state index is -1.86. The summed E-state index contributed by atoms with van der Waals surface area (Å²) in [6.45, 7) is 1.06. The van der Waals surface area contributed by atoms with Crippen molar-refractivity contribution in [1.82, 2.24) is 0 Å². The van der Waals surface area contributed by atoms with Crippen LogP contribution in [0.25, 0.3) is 0 Å². The number of carbonyl (C=O) groups excluding carboxylic acids is 1. The first-order valence-corrected chi connectivity index (χ1v) is 5.01. The van der Waals surface area contributed by atoms with Gasteiger partial charge in [0.05, 0.1) is 6.61 Å². The average Bonchev–Trinajstić information content (AvgIpc) is 2.28. The predicted molar refractivity (Wildman–Crippen MR) is 60.1 cm³/mol. The zero-order valence-electron chi connectivity index (χ0n) is 9.44. The quantitative estimate of drug-likeness (QED) is 0.774. The fourth-order valence-corrected chi connectivity index (χ4v) is 1.43. The normalized spacial score (nSPS) is 16.5. The number of methoxy groups -OCH3 is 1. The molecule has 0 aromatic heterocycles. The van der Waals surface area contributed by atoms with Gasteiger partial charge in [-0.05, 0) is 6.92 Å². The molecular weight excluding hydrogens is 209 g/mol. The first-order chi connectivity index (χ1) is 7.49. The fraction of sp³-hybridized carbons (Fsp3) is 0.417. The summed E-state index contributed by atoms with van der Waals surface area (Å²) in [5.74, 6) is -0.414. The van der Waals surface area contributed by atoms with Gasteiger partial charge in [0, 0.05) is 12.7 Å². The molecule has 0 aliphatic rings. The maximum absolute atomic E-state index is 13.9. The number of hydrogen-bond donors (Lipinski definition) is 1. The highest BCUT2D eigenvalue weighted by Crippen LogP contribution is 2.18. The molecule has 0 amide bonds. The van der Waals surface area contributed by atoms with Gasteiger partial charge in [0.1, 0.15) is 6.04 Å². The van der Waals surface area contributed by atoms with Gasteiger partial charge in [0.15, 0.2) is 11.5 Å². The molecule has 0 aliphatic heterocycles. The number of alkyl halides is 1.